The molecular formula is C11H10ClFO. The smallest absolute Gasteiger partial charge is 0.173 e. The second-order valence-corrected chi connectivity index (χ2v) is 4.31. The number of alkyl halides is 1. The number of carbonyl (C=O) groups excluding carboxylic acids is 1. The van der Waals surface area contributed by atoms with Gasteiger partial charge in [-0.05, 0) is 25.5 Å². The molecule has 3 heteroatoms. The Kier molecular flexibility index (Phi) is 2.11. The van der Waals surface area contributed by atoms with E-state index in [1.54, 1.807) is 31.2 Å². The largest absolute Gasteiger partial charge is 0.293 e. The first-order chi connectivity index (χ1) is 6.55. The molecule has 0 aromatic heterocycles. The molecule has 0 radical (unpaired) electrons. The van der Waals surface area contributed by atoms with Crippen LogP contribution in [0.25, 0.3) is 0 Å². The number of Topliss-reactive ketones (excluding diaryl/α,β-unsaturated/α-hetero) is 1. The number of benzene rings is 1. The quantitative estimate of drug-likeness (QED) is 0.688. The van der Waals surface area contributed by atoms with Gasteiger partial charge in [-0.1, -0.05) is 23.7 Å². The van der Waals surface area contributed by atoms with Crippen LogP contribution in [0.5, 0.6) is 0 Å². The summed E-state index contributed by atoms with van der Waals surface area (Å²) in [5, 5.41) is 0.401. The number of hydrogen-bond acceptors (Lipinski definition) is 1. The molecule has 74 valence electrons. The highest BCUT2D eigenvalue weighted by Gasteiger charge is 2.57. The van der Waals surface area contributed by atoms with Gasteiger partial charge in [0.05, 0.1) is 10.4 Å². The van der Waals surface area contributed by atoms with Crippen molar-refractivity contribution in [1.29, 1.82) is 0 Å². The van der Waals surface area contributed by atoms with Gasteiger partial charge in [-0.3, -0.25) is 4.79 Å². The number of carbonyl (C=O) groups is 1. The van der Waals surface area contributed by atoms with Gasteiger partial charge >= 0.3 is 0 Å². The van der Waals surface area contributed by atoms with Crippen molar-refractivity contribution in [3.63, 3.8) is 0 Å². The lowest BCUT2D eigenvalue weighted by Gasteiger charge is -2.08. The molecule has 14 heavy (non-hydrogen) atoms. The molecule has 2 unspecified atom stereocenters. The van der Waals surface area contributed by atoms with Crippen molar-refractivity contribution in [2.75, 3.05) is 0 Å². The summed E-state index contributed by atoms with van der Waals surface area (Å²) in [5.41, 5.74) is -0.401. The van der Waals surface area contributed by atoms with Crippen molar-refractivity contribution in [3.05, 3.63) is 34.9 Å². The predicted octanol–water partition coefficient (Wildman–Crippen LogP) is 3.27. The molecule has 2 atom stereocenters. The third-order valence-electron chi connectivity index (χ3n) is 2.77. The van der Waals surface area contributed by atoms with Gasteiger partial charge in [0, 0.05) is 5.56 Å². The molecule has 1 aliphatic carbocycles. The lowest BCUT2D eigenvalue weighted by Crippen LogP contribution is -2.15. The molecule has 0 spiro atoms. The molecular weight excluding hydrogens is 203 g/mol. The van der Waals surface area contributed by atoms with Crippen LogP contribution in [0.15, 0.2) is 24.3 Å². The molecule has 0 aliphatic heterocycles. The van der Waals surface area contributed by atoms with Crippen molar-refractivity contribution in [2.45, 2.75) is 19.5 Å². The van der Waals surface area contributed by atoms with E-state index in [9.17, 15) is 9.18 Å². The summed E-state index contributed by atoms with van der Waals surface area (Å²) in [4.78, 5) is 11.8. The highest BCUT2D eigenvalue weighted by Crippen LogP contribution is 2.50. The van der Waals surface area contributed by atoms with E-state index in [0.717, 1.165) is 0 Å². The fourth-order valence-corrected chi connectivity index (χ4v) is 1.72. The lowest BCUT2D eigenvalue weighted by atomic mass is 9.96. The van der Waals surface area contributed by atoms with Gasteiger partial charge in [0.1, 0.15) is 6.17 Å². The Bertz CT molecular complexity index is 391. The van der Waals surface area contributed by atoms with E-state index in [0.29, 0.717) is 17.0 Å². The van der Waals surface area contributed by atoms with Crippen molar-refractivity contribution < 1.29 is 9.18 Å². The number of hydrogen-bond donors (Lipinski definition) is 0. The Morgan fingerprint density at radius 2 is 2.14 bits per heavy atom. The standard InChI is InChI=1S/C11H10ClFO/c1-11(6-9(11)13)10(14)7-4-2-3-5-8(7)12/h2-5,9H,6H2,1H3. The summed E-state index contributed by atoms with van der Waals surface area (Å²) in [6, 6.07) is 6.77. The van der Waals surface area contributed by atoms with Gasteiger partial charge in [0.15, 0.2) is 5.78 Å². The molecule has 1 nitrogen and oxygen atoms in total. The molecule has 0 saturated heterocycles. The fourth-order valence-electron chi connectivity index (χ4n) is 1.50. The van der Waals surface area contributed by atoms with E-state index >= 15 is 0 Å². The zero-order valence-corrected chi connectivity index (χ0v) is 8.51. The monoisotopic (exact) mass is 212 g/mol. The third kappa shape index (κ3) is 1.34. The van der Waals surface area contributed by atoms with E-state index in [-0.39, 0.29) is 5.78 Å². The zero-order valence-electron chi connectivity index (χ0n) is 7.76. The second-order valence-electron chi connectivity index (χ2n) is 3.90. The van der Waals surface area contributed by atoms with Crippen molar-refractivity contribution >= 4 is 17.4 Å². The first-order valence-corrected chi connectivity index (χ1v) is 4.87. The van der Waals surface area contributed by atoms with Crippen LogP contribution in [0.4, 0.5) is 4.39 Å². The maximum Gasteiger partial charge on any atom is 0.173 e. The summed E-state index contributed by atoms with van der Waals surface area (Å²) in [5.74, 6) is -0.185. The van der Waals surface area contributed by atoms with Crippen LogP contribution < -0.4 is 0 Å². The SMILES string of the molecule is CC1(C(=O)c2ccccc2Cl)CC1F. The molecule has 0 bridgehead atoms. The number of rotatable bonds is 2. The van der Waals surface area contributed by atoms with Gasteiger partial charge in [-0.15, -0.1) is 0 Å². The molecule has 0 amide bonds. The number of ketones is 1. The highest BCUT2D eigenvalue weighted by molar-refractivity contribution is 6.34. The zero-order chi connectivity index (χ0) is 10.3. The van der Waals surface area contributed by atoms with E-state index < -0.39 is 11.6 Å². The van der Waals surface area contributed by atoms with Gasteiger partial charge in [-0.2, -0.15) is 0 Å². The van der Waals surface area contributed by atoms with E-state index in [1.807, 2.05) is 0 Å². The molecule has 1 saturated carbocycles. The highest BCUT2D eigenvalue weighted by atomic mass is 35.5. The van der Waals surface area contributed by atoms with E-state index in [2.05, 4.69) is 0 Å². The maximum absolute atomic E-state index is 13.0. The Labute approximate surface area is 86.9 Å². The van der Waals surface area contributed by atoms with Crippen molar-refractivity contribution in [1.82, 2.24) is 0 Å². The van der Waals surface area contributed by atoms with Crippen molar-refractivity contribution in [2.24, 2.45) is 5.41 Å². The lowest BCUT2D eigenvalue weighted by molar-refractivity contribution is 0.0893. The summed E-state index contributed by atoms with van der Waals surface area (Å²) in [7, 11) is 0. The van der Waals surface area contributed by atoms with Gasteiger partial charge in [0.2, 0.25) is 0 Å². The Balaban J connectivity index is 2.33. The molecule has 0 heterocycles. The van der Waals surface area contributed by atoms with Crippen LogP contribution in [0.1, 0.15) is 23.7 Å². The molecule has 1 aromatic carbocycles. The van der Waals surface area contributed by atoms with Crippen LogP contribution in [0.3, 0.4) is 0 Å². The minimum absolute atomic E-state index is 0.185. The first kappa shape index (κ1) is 9.66. The van der Waals surface area contributed by atoms with Gasteiger partial charge < -0.3 is 0 Å². The van der Waals surface area contributed by atoms with Crippen molar-refractivity contribution in [3.8, 4) is 0 Å². The maximum atomic E-state index is 13.0. The Morgan fingerprint density at radius 3 is 2.64 bits per heavy atom. The third-order valence-corrected chi connectivity index (χ3v) is 3.10. The average molecular weight is 213 g/mol. The minimum atomic E-state index is -1.01. The van der Waals surface area contributed by atoms with E-state index in [4.69, 9.17) is 11.6 Å². The topological polar surface area (TPSA) is 17.1 Å². The Hall–Kier alpha value is -0.890. The normalized spacial score (nSPS) is 30.1. The first-order valence-electron chi connectivity index (χ1n) is 4.49. The summed E-state index contributed by atoms with van der Waals surface area (Å²) >= 11 is 5.86. The van der Waals surface area contributed by atoms with Gasteiger partial charge in [-0.25, -0.2) is 4.39 Å². The molecule has 1 fully saturated rings. The Morgan fingerprint density at radius 1 is 1.57 bits per heavy atom. The summed E-state index contributed by atoms with van der Waals surface area (Å²) in [6.07, 6.45) is -0.692. The molecule has 1 aromatic rings. The van der Waals surface area contributed by atoms with Gasteiger partial charge in [0.25, 0.3) is 0 Å². The van der Waals surface area contributed by atoms with Crippen LogP contribution in [0.2, 0.25) is 5.02 Å². The molecule has 2 rings (SSSR count). The second kappa shape index (κ2) is 3.06. The fraction of sp³-hybridized carbons (Fsp3) is 0.364. The summed E-state index contributed by atoms with van der Waals surface area (Å²) < 4.78 is 13.0. The predicted molar refractivity (Wildman–Crippen MR) is 53.4 cm³/mol. The van der Waals surface area contributed by atoms with Crippen LogP contribution in [0, 0.1) is 5.41 Å². The number of halogens is 2. The van der Waals surface area contributed by atoms with Crippen LogP contribution >= 0.6 is 11.6 Å². The van der Waals surface area contributed by atoms with Crippen LogP contribution in [-0.2, 0) is 0 Å². The van der Waals surface area contributed by atoms with Crippen LogP contribution in [-0.4, -0.2) is 12.0 Å². The minimum Gasteiger partial charge on any atom is -0.293 e. The molecule has 1 aliphatic rings. The van der Waals surface area contributed by atoms with E-state index in [1.165, 1.54) is 0 Å². The average Bonchev–Trinajstić information content (AvgIpc) is 2.76. The molecule has 0 N–H and O–H groups in total. The summed E-state index contributed by atoms with van der Waals surface area (Å²) in [6.45, 7) is 1.64.